The molecule has 3 atom stereocenters. The Labute approximate surface area is 127 Å². The van der Waals surface area contributed by atoms with Gasteiger partial charge in [0.25, 0.3) is 0 Å². The fourth-order valence-corrected chi connectivity index (χ4v) is 5.54. The molecule has 4 fully saturated rings. The first-order valence-electron chi connectivity index (χ1n) is 8.38. The van der Waals surface area contributed by atoms with Crippen LogP contribution < -0.4 is 0 Å². The largest absolute Gasteiger partial charge is 0.455 e. The van der Waals surface area contributed by atoms with E-state index in [4.69, 9.17) is 4.74 Å². The van der Waals surface area contributed by atoms with Gasteiger partial charge < -0.3 is 4.74 Å². The summed E-state index contributed by atoms with van der Waals surface area (Å²) in [5, 5.41) is 0. The van der Waals surface area contributed by atoms with Crippen LogP contribution in [0, 0.1) is 23.7 Å². The van der Waals surface area contributed by atoms with E-state index < -0.39 is 11.3 Å². The summed E-state index contributed by atoms with van der Waals surface area (Å²) < 4.78 is 21.0. The molecule has 4 saturated carbocycles. The quantitative estimate of drug-likeness (QED) is 0.566. The predicted molar refractivity (Wildman–Crippen MR) is 80.5 cm³/mol. The van der Waals surface area contributed by atoms with Gasteiger partial charge in [-0.15, -0.1) is 0 Å². The molecule has 0 aromatic heterocycles. The molecular weight excluding hydrogens is 267 g/mol. The van der Waals surface area contributed by atoms with Crippen molar-refractivity contribution in [2.24, 2.45) is 23.7 Å². The normalized spacial score (nSPS) is 45.4. The maximum Gasteiger partial charge on any atom is 0.333 e. The highest BCUT2D eigenvalue weighted by Gasteiger charge is 2.65. The van der Waals surface area contributed by atoms with Gasteiger partial charge in [0.2, 0.25) is 0 Å². The van der Waals surface area contributed by atoms with Crippen LogP contribution in [0.2, 0.25) is 0 Å². The molecule has 4 rings (SSSR count). The molecule has 0 spiro atoms. The Kier molecular flexibility index (Phi) is 3.46. The molecule has 2 nitrogen and oxygen atoms in total. The second-order valence-corrected chi connectivity index (χ2v) is 7.83. The van der Waals surface area contributed by atoms with Crippen molar-refractivity contribution in [3.63, 3.8) is 0 Å². The molecule has 0 aromatic carbocycles. The number of carbonyl (C=O) groups is 1. The van der Waals surface area contributed by atoms with Crippen LogP contribution in [0.1, 0.15) is 59.3 Å². The fraction of sp³-hybridized carbons (Fsp3) is 0.833. The zero-order chi connectivity index (χ0) is 15.4. The van der Waals surface area contributed by atoms with Gasteiger partial charge in [-0.25, -0.2) is 9.18 Å². The van der Waals surface area contributed by atoms with Gasteiger partial charge in [-0.05, 0) is 57.3 Å². The Morgan fingerprint density at radius 2 is 1.90 bits per heavy atom. The van der Waals surface area contributed by atoms with E-state index in [0.717, 1.165) is 25.7 Å². The zero-order valence-electron chi connectivity index (χ0n) is 13.5. The van der Waals surface area contributed by atoms with Crippen LogP contribution in [0.4, 0.5) is 4.39 Å². The molecule has 0 heterocycles. The third-order valence-electron chi connectivity index (χ3n) is 6.39. The molecule has 3 heteroatoms. The molecule has 118 valence electrons. The van der Waals surface area contributed by atoms with Gasteiger partial charge in [0.15, 0.2) is 0 Å². The van der Waals surface area contributed by atoms with E-state index in [-0.39, 0.29) is 23.7 Å². The average molecular weight is 294 g/mol. The van der Waals surface area contributed by atoms with Crippen LogP contribution >= 0.6 is 0 Å². The van der Waals surface area contributed by atoms with Gasteiger partial charge in [-0.3, -0.25) is 0 Å². The van der Waals surface area contributed by atoms with Gasteiger partial charge in [0.1, 0.15) is 11.3 Å². The number of alkyl halides is 1. The third-order valence-corrected chi connectivity index (χ3v) is 6.39. The molecule has 0 N–H and O–H groups in total. The topological polar surface area (TPSA) is 26.3 Å². The first-order valence-corrected chi connectivity index (χ1v) is 8.38. The minimum Gasteiger partial charge on any atom is -0.455 e. The smallest absolute Gasteiger partial charge is 0.333 e. The standard InChI is InChI=1S/C18H27FO2/c1-5-12(4)18(21-16(20)11(2)3)14-6-13-7-15(18)10-17(19,8-13)9-14/h12-15H,2,5-10H2,1,3-4H3. The van der Waals surface area contributed by atoms with Crippen molar-refractivity contribution in [1.82, 2.24) is 0 Å². The van der Waals surface area contributed by atoms with E-state index in [2.05, 4.69) is 20.4 Å². The highest BCUT2D eigenvalue weighted by molar-refractivity contribution is 5.87. The second kappa shape index (κ2) is 4.82. The second-order valence-electron chi connectivity index (χ2n) is 7.83. The lowest BCUT2D eigenvalue weighted by molar-refractivity contribution is -0.242. The number of carbonyl (C=O) groups excluding carboxylic acids is 1. The SMILES string of the molecule is C=C(C)C(=O)OC1(C(C)CC)C2CC3CC1CC(F)(C3)C2. The predicted octanol–water partition coefficient (Wildman–Crippen LogP) is 4.44. The molecule has 0 saturated heterocycles. The summed E-state index contributed by atoms with van der Waals surface area (Å²) in [7, 11) is 0. The molecule has 4 aliphatic carbocycles. The van der Waals surface area contributed by atoms with Crippen molar-refractivity contribution >= 4 is 5.97 Å². The molecule has 0 radical (unpaired) electrons. The summed E-state index contributed by atoms with van der Waals surface area (Å²) in [6.07, 6.45) is 4.89. The summed E-state index contributed by atoms with van der Waals surface area (Å²) in [5.74, 6) is 0.849. The summed E-state index contributed by atoms with van der Waals surface area (Å²) in [6.45, 7) is 9.72. The van der Waals surface area contributed by atoms with Gasteiger partial charge in [0, 0.05) is 17.4 Å². The molecule has 3 unspecified atom stereocenters. The molecule has 4 bridgehead atoms. The lowest BCUT2D eigenvalue weighted by atomic mass is 9.46. The van der Waals surface area contributed by atoms with Crippen molar-refractivity contribution in [3.8, 4) is 0 Å². The monoisotopic (exact) mass is 294 g/mol. The van der Waals surface area contributed by atoms with Gasteiger partial charge >= 0.3 is 5.97 Å². The molecule has 0 amide bonds. The maximum absolute atomic E-state index is 14.9. The summed E-state index contributed by atoms with van der Waals surface area (Å²) in [6, 6.07) is 0. The number of hydrogen-bond donors (Lipinski definition) is 0. The molecule has 0 aromatic rings. The van der Waals surface area contributed by atoms with Gasteiger partial charge in [-0.1, -0.05) is 20.4 Å². The van der Waals surface area contributed by atoms with E-state index in [1.165, 1.54) is 0 Å². The first-order chi connectivity index (χ1) is 9.80. The number of hydrogen-bond acceptors (Lipinski definition) is 2. The summed E-state index contributed by atoms with van der Waals surface area (Å²) in [5.41, 5.74) is -1.01. The molecule has 4 aliphatic rings. The lowest BCUT2D eigenvalue weighted by Crippen LogP contribution is -2.66. The number of halogens is 1. The van der Waals surface area contributed by atoms with Gasteiger partial charge in [-0.2, -0.15) is 0 Å². The van der Waals surface area contributed by atoms with Crippen molar-refractivity contribution in [3.05, 3.63) is 12.2 Å². The zero-order valence-corrected chi connectivity index (χ0v) is 13.5. The Morgan fingerprint density at radius 1 is 1.33 bits per heavy atom. The van der Waals surface area contributed by atoms with E-state index in [1.807, 2.05) is 0 Å². The fourth-order valence-electron chi connectivity index (χ4n) is 5.54. The Morgan fingerprint density at radius 3 is 2.33 bits per heavy atom. The molecule has 21 heavy (non-hydrogen) atoms. The average Bonchev–Trinajstić information content (AvgIpc) is 2.39. The first kappa shape index (κ1) is 15.1. The third kappa shape index (κ3) is 2.15. The number of ether oxygens (including phenoxy) is 1. The van der Waals surface area contributed by atoms with E-state index in [9.17, 15) is 9.18 Å². The number of esters is 1. The number of rotatable bonds is 4. The van der Waals surface area contributed by atoms with Crippen LogP contribution in [0.15, 0.2) is 12.2 Å². The molecule has 0 aliphatic heterocycles. The van der Waals surface area contributed by atoms with E-state index in [1.54, 1.807) is 6.92 Å². The van der Waals surface area contributed by atoms with Crippen LogP contribution in [0.5, 0.6) is 0 Å². The van der Waals surface area contributed by atoms with Crippen LogP contribution in [0.3, 0.4) is 0 Å². The Hall–Kier alpha value is -0.860. The van der Waals surface area contributed by atoms with Crippen molar-refractivity contribution < 1.29 is 13.9 Å². The van der Waals surface area contributed by atoms with E-state index >= 15 is 0 Å². The van der Waals surface area contributed by atoms with Crippen molar-refractivity contribution in [2.75, 3.05) is 0 Å². The van der Waals surface area contributed by atoms with Crippen molar-refractivity contribution in [1.29, 1.82) is 0 Å². The van der Waals surface area contributed by atoms with Crippen molar-refractivity contribution in [2.45, 2.75) is 70.6 Å². The van der Waals surface area contributed by atoms with E-state index in [0.29, 0.717) is 24.3 Å². The lowest BCUT2D eigenvalue weighted by Gasteiger charge is -2.63. The summed E-state index contributed by atoms with van der Waals surface area (Å²) >= 11 is 0. The Bertz CT molecular complexity index is 454. The minimum atomic E-state index is -0.997. The summed E-state index contributed by atoms with van der Waals surface area (Å²) in [4.78, 5) is 12.2. The highest BCUT2D eigenvalue weighted by Crippen LogP contribution is 2.64. The highest BCUT2D eigenvalue weighted by atomic mass is 19.1. The molecular formula is C18H27FO2. The van der Waals surface area contributed by atoms with Crippen LogP contribution in [-0.2, 0) is 9.53 Å². The Balaban J connectivity index is 1.97. The van der Waals surface area contributed by atoms with Crippen LogP contribution in [0.25, 0.3) is 0 Å². The minimum absolute atomic E-state index is 0.187. The van der Waals surface area contributed by atoms with Gasteiger partial charge in [0.05, 0.1) is 0 Å². The maximum atomic E-state index is 14.9. The van der Waals surface area contributed by atoms with Crippen LogP contribution in [-0.4, -0.2) is 17.2 Å².